The maximum atomic E-state index is 13.1. The van der Waals surface area contributed by atoms with Crippen molar-refractivity contribution in [3.05, 3.63) is 71.4 Å². The fourth-order valence-electron chi connectivity index (χ4n) is 2.16. The first-order valence-corrected chi connectivity index (χ1v) is 7.01. The van der Waals surface area contributed by atoms with Gasteiger partial charge in [-0.2, -0.15) is 9.78 Å². The Labute approximate surface area is 133 Å². The second-order valence-electron chi connectivity index (χ2n) is 4.82. The summed E-state index contributed by atoms with van der Waals surface area (Å²) in [5, 5.41) is 4.44. The number of nitrogens with zero attached hydrogens (tertiary/aromatic N) is 3. The molecule has 5 heteroatoms. The van der Waals surface area contributed by atoms with Crippen molar-refractivity contribution in [2.75, 3.05) is 7.11 Å². The molecule has 0 saturated heterocycles. The van der Waals surface area contributed by atoms with E-state index in [9.17, 15) is 4.39 Å². The number of aryl methyl sites for hydroxylation is 1. The highest BCUT2D eigenvalue weighted by Gasteiger charge is 2.15. The molecule has 0 aliphatic carbocycles. The van der Waals surface area contributed by atoms with Crippen LogP contribution in [0.25, 0.3) is 5.69 Å². The number of aromatic nitrogens is 3. The number of ether oxygens (including phenoxy) is 1. The molecule has 0 unspecified atom stereocenters. The van der Waals surface area contributed by atoms with Gasteiger partial charge in [0.25, 0.3) is 0 Å². The number of pyridine rings is 1. The molecule has 0 aliphatic rings. The SMILES string of the molecule is COc1c(C#Cc2ccccn2)c(C)nn1-c1ccc(F)cc1. The smallest absolute Gasteiger partial charge is 0.232 e. The van der Waals surface area contributed by atoms with Crippen molar-refractivity contribution in [2.45, 2.75) is 6.92 Å². The third kappa shape index (κ3) is 3.06. The molecule has 4 nitrogen and oxygen atoms in total. The molecule has 0 spiro atoms. The summed E-state index contributed by atoms with van der Waals surface area (Å²) in [5.74, 6) is 6.26. The van der Waals surface area contributed by atoms with Crippen molar-refractivity contribution in [2.24, 2.45) is 0 Å². The summed E-state index contributed by atoms with van der Waals surface area (Å²) in [7, 11) is 1.56. The van der Waals surface area contributed by atoms with E-state index in [2.05, 4.69) is 21.9 Å². The maximum absolute atomic E-state index is 13.1. The largest absolute Gasteiger partial charge is 0.480 e. The van der Waals surface area contributed by atoms with Gasteiger partial charge in [0.2, 0.25) is 5.88 Å². The fraction of sp³-hybridized carbons (Fsp3) is 0.111. The van der Waals surface area contributed by atoms with Crippen LogP contribution in [0.3, 0.4) is 0 Å². The number of rotatable bonds is 2. The van der Waals surface area contributed by atoms with Gasteiger partial charge in [0.1, 0.15) is 17.1 Å². The monoisotopic (exact) mass is 307 g/mol. The average molecular weight is 307 g/mol. The van der Waals surface area contributed by atoms with Crippen molar-refractivity contribution in [1.29, 1.82) is 0 Å². The summed E-state index contributed by atoms with van der Waals surface area (Å²) in [6.07, 6.45) is 1.69. The molecule has 0 saturated carbocycles. The van der Waals surface area contributed by atoms with Gasteiger partial charge < -0.3 is 4.74 Å². The lowest BCUT2D eigenvalue weighted by Crippen LogP contribution is -2.00. The Bertz CT molecular complexity index is 874. The molecule has 2 heterocycles. The Balaban J connectivity index is 2.05. The Morgan fingerprint density at radius 1 is 1.09 bits per heavy atom. The second kappa shape index (κ2) is 6.32. The minimum atomic E-state index is -0.299. The van der Waals surface area contributed by atoms with Gasteiger partial charge in [-0.1, -0.05) is 12.0 Å². The van der Waals surface area contributed by atoms with E-state index in [0.717, 1.165) is 5.69 Å². The van der Waals surface area contributed by atoms with Crippen molar-refractivity contribution in [3.8, 4) is 23.4 Å². The molecule has 0 aliphatic heterocycles. The van der Waals surface area contributed by atoms with Gasteiger partial charge in [-0.3, -0.25) is 0 Å². The van der Waals surface area contributed by atoms with Crippen LogP contribution in [-0.2, 0) is 0 Å². The summed E-state index contributed by atoms with van der Waals surface area (Å²) in [6, 6.07) is 11.6. The van der Waals surface area contributed by atoms with Crippen molar-refractivity contribution < 1.29 is 9.13 Å². The standard InChI is InChI=1S/C18H14FN3O/c1-13-17(11-8-15-5-3-4-12-20-15)18(23-2)22(21-13)16-9-6-14(19)7-10-16/h3-7,9-10,12H,1-2H3. The predicted octanol–water partition coefficient (Wildman–Crippen LogP) is 3.12. The quantitative estimate of drug-likeness (QED) is 0.683. The van der Waals surface area contributed by atoms with Crippen LogP contribution in [0, 0.1) is 24.6 Å². The maximum Gasteiger partial charge on any atom is 0.232 e. The lowest BCUT2D eigenvalue weighted by Gasteiger charge is -2.06. The zero-order valence-electron chi connectivity index (χ0n) is 12.7. The minimum Gasteiger partial charge on any atom is -0.480 e. The second-order valence-corrected chi connectivity index (χ2v) is 4.82. The zero-order chi connectivity index (χ0) is 16.2. The van der Waals surface area contributed by atoms with E-state index < -0.39 is 0 Å². The van der Waals surface area contributed by atoms with Crippen LogP contribution in [0.5, 0.6) is 5.88 Å². The summed E-state index contributed by atoms with van der Waals surface area (Å²) in [5.41, 5.74) is 2.79. The van der Waals surface area contributed by atoms with Gasteiger partial charge in [-0.25, -0.2) is 9.37 Å². The van der Waals surface area contributed by atoms with Crippen LogP contribution in [0.4, 0.5) is 4.39 Å². The average Bonchev–Trinajstić information content (AvgIpc) is 2.90. The highest BCUT2D eigenvalue weighted by atomic mass is 19.1. The molecular formula is C18H14FN3O. The molecule has 0 atom stereocenters. The summed E-state index contributed by atoms with van der Waals surface area (Å²) >= 11 is 0. The van der Waals surface area contributed by atoms with E-state index >= 15 is 0 Å². The lowest BCUT2D eigenvalue weighted by atomic mass is 10.2. The van der Waals surface area contributed by atoms with Crippen molar-refractivity contribution in [1.82, 2.24) is 14.8 Å². The number of halogens is 1. The van der Waals surface area contributed by atoms with Crippen molar-refractivity contribution >= 4 is 0 Å². The first kappa shape index (κ1) is 14.8. The van der Waals surface area contributed by atoms with Gasteiger partial charge in [-0.05, 0) is 49.2 Å². The van der Waals surface area contributed by atoms with E-state index in [1.807, 2.05) is 25.1 Å². The molecule has 2 aromatic heterocycles. The third-order valence-corrected chi connectivity index (χ3v) is 3.26. The van der Waals surface area contributed by atoms with Crippen LogP contribution in [0.15, 0.2) is 48.7 Å². The molecule has 1 aromatic carbocycles. The molecule has 23 heavy (non-hydrogen) atoms. The third-order valence-electron chi connectivity index (χ3n) is 3.26. The molecule has 0 N–H and O–H groups in total. The Kier molecular flexibility index (Phi) is 4.07. The Morgan fingerprint density at radius 2 is 1.87 bits per heavy atom. The van der Waals surface area contributed by atoms with Gasteiger partial charge in [0.15, 0.2) is 0 Å². The topological polar surface area (TPSA) is 39.9 Å². The van der Waals surface area contributed by atoms with Crippen LogP contribution in [-0.4, -0.2) is 21.9 Å². The van der Waals surface area contributed by atoms with Gasteiger partial charge in [-0.15, -0.1) is 0 Å². The summed E-state index contributed by atoms with van der Waals surface area (Å²) < 4.78 is 20.2. The number of methoxy groups -OCH3 is 1. The van der Waals surface area contributed by atoms with Gasteiger partial charge >= 0.3 is 0 Å². The zero-order valence-corrected chi connectivity index (χ0v) is 12.7. The molecule has 3 rings (SSSR count). The lowest BCUT2D eigenvalue weighted by molar-refractivity contribution is 0.382. The number of hydrogen-bond acceptors (Lipinski definition) is 3. The highest BCUT2D eigenvalue weighted by Crippen LogP contribution is 2.25. The van der Waals surface area contributed by atoms with Gasteiger partial charge in [0.05, 0.1) is 18.5 Å². The molecule has 114 valence electrons. The fourth-order valence-corrected chi connectivity index (χ4v) is 2.16. The number of hydrogen-bond donors (Lipinski definition) is 0. The van der Waals surface area contributed by atoms with E-state index in [4.69, 9.17) is 4.74 Å². The summed E-state index contributed by atoms with van der Waals surface area (Å²) in [6.45, 7) is 1.85. The molecule has 0 bridgehead atoms. The van der Waals surface area contributed by atoms with Gasteiger partial charge in [0, 0.05) is 6.20 Å². The predicted molar refractivity (Wildman–Crippen MR) is 85.0 cm³/mol. The Hall–Kier alpha value is -3.13. The van der Waals surface area contributed by atoms with E-state index in [1.54, 1.807) is 30.1 Å². The first-order chi connectivity index (χ1) is 11.2. The Morgan fingerprint density at radius 3 is 2.52 bits per heavy atom. The van der Waals surface area contributed by atoms with Crippen LogP contribution in [0.2, 0.25) is 0 Å². The highest BCUT2D eigenvalue weighted by molar-refractivity contribution is 5.51. The van der Waals surface area contributed by atoms with E-state index in [0.29, 0.717) is 22.8 Å². The molecule has 0 fully saturated rings. The first-order valence-electron chi connectivity index (χ1n) is 7.01. The molecular weight excluding hydrogens is 293 g/mol. The van der Waals surface area contributed by atoms with Crippen LogP contribution >= 0.6 is 0 Å². The molecule has 0 amide bonds. The van der Waals surface area contributed by atoms with E-state index in [-0.39, 0.29) is 5.82 Å². The summed E-state index contributed by atoms with van der Waals surface area (Å²) in [4.78, 5) is 4.17. The minimum absolute atomic E-state index is 0.299. The van der Waals surface area contributed by atoms with Crippen molar-refractivity contribution in [3.63, 3.8) is 0 Å². The van der Waals surface area contributed by atoms with E-state index in [1.165, 1.54) is 12.1 Å². The van der Waals surface area contributed by atoms with Crippen LogP contribution < -0.4 is 4.74 Å². The van der Waals surface area contributed by atoms with Crippen LogP contribution in [0.1, 0.15) is 17.0 Å². The molecule has 0 radical (unpaired) electrons. The normalized spacial score (nSPS) is 10.0. The number of benzene rings is 1. The molecule has 3 aromatic rings.